The number of benzene rings is 3. The minimum Gasteiger partial charge on any atom is -0.497 e. The molecule has 6 heteroatoms. The van der Waals surface area contributed by atoms with Gasteiger partial charge in [0.05, 0.1) is 25.3 Å². The largest absolute Gasteiger partial charge is 0.497 e. The number of hydrogen-bond donors (Lipinski definition) is 0. The van der Waals surface area contributed by atoms with E-state index in [1.165, 1.54) is 0 Å². The Kier molecular flexibility index (Phi) is 5.86. The molecule has 0 atom stereocenters. The van der Waals surface area contributed by atoms with E-state index in [9.17, 15) is 0 Å². The van der Waals surface area contributed by atoms with Gasteiger partial charge in [0.25, 0.3) is 0 Å². The lowest BCUT2D eigenvalue weighted by molar-refractivity contribution is 0.368. The van der Waals surface area contributed by atoms with Crippen molar-refractivity contribution in [3.05, 3.63) is 78.2 Å². The van der Waals surface area contributed by atoms with Gasteiger partial charge in [-0.05, 0) is 66.7 Å². The molecule has 1 aromatic heterocycles. The third kappa shape index (κ3) is 4.51. The molecule has 0 saturated carbocycles. The van der Waals surface area contributed by atoms with Crippen molar-refractivity contribution in [1.29, 1.82) is 5.26 Å². The Balaban J connectivity index is 1.89. The second-order valence-corrected chi connectivity index (χ2v) is 6.64. The zero-order chi connectivity index (χ0) is 21.6. The summed E-state index contributed by atoms with van der Waals surface area (Å²) in [5.74, 6) is 2.78. The molecule has 6 nitrogen and oxygen atoms in total. The summed E-state index contributed by atoms with van der Waals surface area (Å²) in [4.78, 5) is 4.83. The molecule has 154 valence electrons. The van der Waals surface area contributed by atoms with Crippen LogP contribution >= 0.6 is 0 Å². The highest BCUT2D eigenvalue weighted by Crippen LogP contribution is 2.27. The van der Waals surface area contributed by atoms with Crippen molar-refractivity contribution in [2.45, 2.75) is 0 Å². The molecule has 0 aliphatic heterocycles. The van der Waals surface area contributed by atoms with E-state index >= 15 is 0 Å². The molecular formula is C25H20N2O4. The first-order valence-electron chi connectivity index (χ1n) is 9.61. The second-order valence-electron chi connectivity index (χ2n) is 6.64. The topological polar surface area (TPSA) is 77.0 Å². The molecule has 0 fully saturated rings. The van der Waals surface area contributed by atoms with Gasteiger partial charge in [-0.3, -0.25) is 0 Å². The molecular weight excluding hydrogens is 392 g/mol. The average molecular weight is 412 g/mol. The molecule has 0 amide bonds. The first kappa shape index (κ1) is 20.0. The van der Waals surface area contributed by atoms with Gasteiger partial charge in [-0.1, -0.05) is 0 Å². The Morgan fingerprint density at radius 3 is 2.13 bits per heavy atom. The van der Waals surface area contributed by atoms with Gasteiger partial charge < -0.3 is 18.6 Å². The molecule has 0 aliphatic carbocycles. The third-order valence-corrected chi connectivity index (χ3v) is 4.71. The molecule has 3 aromatic carbocycles. The van der Waals surface area contributed by atoms with Crippen molar-refractivity contribution in [3.63, 3.8) is 0 Å². The summed E-state index contributed by atoms with van der Waals surface area (Å²) in [6, 6.07) is 24.4. The van der Waals surface area contributed by atoms with Crippen molar-refractivity contribution >= 4 is 16.7 Å². The van der Waals surface area contributed by atoms with Crippen LogP contribution in [0.2, 0.25) is 0 Å². The molecule has 1 heterocycles. The van der Waals surface area contributed by atoms with Gasteiger partial charge in [-0.2, -0.15) is 5.26 Å². The van der Waals surface area contributed by atoms with Crippen LogP contribution in [0.25, 0.3) is 22.3 Å². The van der Waals surface area contributed by atoms with Gasteiger partial charge in [-0.25, -0.2) is 4.99 Å². The Morgan fingerprint density at radius 2 is 1.48 bits per heavy atom. The Bertz CT molecular complexity index is 1300. The van der Waals surface area contributed by atoms with Gasteiger partial charge >= 0.3 is 0 Å². The van der Waals surface area contributed by atoms with E-state index in [1.54, 1.807) is 20.3 Å². The molecule has 0 unspecified atom stereocenters. The zero-order valence-corrected chi connectivity index (χ0v) is 17.2. The van der Waals surface area contributed by atoms with Crippen molar-refractivity contribution in [1.82, 2.24) is 0 Å². The van der Waals surface area contributed by atoms with Crippen LogP contribution in [0.15, 0.2) is 82.2 Å². The minimum absolute atomic E-state index is 0.0302. The highest BCUT2D eigenvalue weighted by Gasteiger charge is 2.08. The molecule has 0 saturated heterocycles. The van der Waals surface area contributed by atoms with Crippen molar-refractivity contribution in [2.75, 3.05) is 20.8 Å². The maximum atomic E-state index is 8.80. The zero-order valence-electron chi connectivity index (χ0n) is 17.2. The van der Waals surface area contributed by atoms with E-state index < -0.39 is 0 Å². The van der Waals surface area contributed by atoms with Gasteiger partial charge in [0.2, 0.25) is 0 Å². The fraction of sp³-hybridized carbons (Fsp3) is 0.120. The highest BCUT2D eigenvalue weighted by atomic mass is 16.5. The van der Waals surface area contributed by atoms with Crippen LogP contribution in [0, 0.1) is 11.3 Å². The molecule has 0 bridgehead atoms. The van der Waals surface area contributed by atoms with Gasteiger partial charge in [-0.15, -0.1) is 0 Å². The summed E-state index contributed by atoms with van der Waals surface area (Å²) >= 11 is 0. The number of nitrogens with zero attached hydrogens (tertiary/aromatic N) is 2. The van der Waals surface area contributed by atoms with Crippen LogP contribution in [0.1, 0.15) is 0 Å². The van der Waals surface area contributed by atoms with E-state index in [0.717, 1.165) is 33.5 Å². The predicted molar refractivity (Wildman–Crippen MR) is 118 cm³/mol. The molecule has 0 radical (unpaired) electrons. The van der Waals surface area contributed by atoms with E-state index in [-0.39, 0.29) is 6.61 Å². The summed E-state index contributed by atoms with van der Waals surface area (Å²) in [5.41, 5.74) is 2.33. The monoisotopic (exact) mass is 412 g/mol. The van der Waals surface area contributed by atoms with E-state index in [1.807, 2.05) is 72.8 Å². The summed E-state index contributed by atoms with van der Waals surface area (Å²) in [5, 5.41) is 10.3. The van der Waals surface area contributed by atoms with Crippen LogP contribution in [-0.2, 0) is 0 Å². The van der Waals surface area contributed by atoms with Gasteiger partial charge in [0.1, 0.15) is 34.7 Å². The summed E-state index contributed by atoms with van der Waals surface area (Å²) in [7, 11) is 3.26. The molecule has 0 aliphatic rings. The van der Waals surface area contributed by atoms with Crippen molar-refractivity contribution in [3.8, 4) is 34.6 Å². The highest BCUT2D eigenvalue weighted by molar-refractivity contribution is 5.80. The van der Waals surface area contributed by atoms with E-state index in [2.05, 4.69) is 0 Å². The van der Waals surface area contributed by atoms with Gasteiger partial charge in [0.15, 0.2) is 6.61 Å². The van der Waals surface area contributed by atoms with Crippen LogP contribution < -0.4 is 19.6 Å². The number of methoxy groups -OCH3 is 2. The maximum Gasteiger partial charge on any atom is 0.174 e. The van der Waals surface area contributed by atoms with E-state index in [4.69, 9.17) is 28.9 Å². The number of fused-ring (bicyclic) bond motifs is 1. The standard InChI is InChI=1S/C25H20N2O4/c1-28-19-7-3-17(4-8-19)25-16-23(27-18-5-9-20(29-2)10-6-18)22-15-21(30-14-13-26)11-12-24(22)31-25/h3-12,15-16H,14H2,1-2H3. The number of ether oxygens (including phenoxy) is 3. The molecule has 0 N–H and O–H groups in total. The molecule has 4 rings (SSSR count). The normalized spacial score (nSPS) is 11.2. The van der Waals surface area contributed by atoms with Crippen molar-refractivity contribution < 1.29 is 18.6 Å². The smallest absolute Gasteiger partial charge is 0.174 e. The van der Waals surface area contributed by atoms with Crippen LogP contribution in [0.4, 0.5) is 5.69 Å². The summed E-state index contributed by atoms with van der Waals surface area (Å²) in [6.45, 7) is -0.0302. The third-order valence-electron chi connectivity index (χ3n) is 4.71. The summed E-state index contributed by atoms with van der Waals surface area (Å²) in [6.07, 6.45) is 0. The van der Waals surface area contributed by atoms with Crippen LogP contribution in [0.3, 0.4) is 0 Å². The Labute approximate surface area is 179 Å². The quantitative estimate of drug-likeness (QED) is 0.432. The Hall–Kier alpha value is -4.24. The van der Waals surface area contributed by atoms with Gasteiger partial charge in [0, 0.05) is 17.0 Å². The first-order chi connectivity index (χ1) is 15.2. The molecule has 0 spiro atoms. The second kappa shape index (κ2) is 9.06. The number of rotatable bonds is 6. The van der Waals surface area contributed by atoms with Crippen LogP contribution in [-0.4, -0.2) is 20.8 Å². The summed E-state index contributed by atoms with van der Waals surface area (Å²) < 4.78 is 22.1. The van der Waals surface area contributed by atoms with Crippen molar-refractivity contribution in [2.24, 2.45) is 4.99 Å². The minimum atomic E-state index is -0.0302. The fourth-order valence-electron chi connectivity index (χ4n) is 3.14. The number of hydrogen-bond acceptors (Lipinski definition) is 6. The first-order valence-corrected chi connectivity index (χ1v) is 9.61. The fourth-order valence-corrected chi connectivity index (χ4v) is 3.14. The van der Waals surface area contributed by atoms with E-state index in [0.29, 0.717) is 17.1 Å². The Morgan fingerprint density at radius 1 is 0.839 bits per heavy atom. The van der Waals surface area contributed by atoms with Crippen LogP contribution in [0.5, 0.6) is 17.2 Å². The SMILES string of the molecule is COc1ccc(N=c2cc(-c3ccc(OC)cc3)oc3ccc(OCC#N)cc23)cc1. The molecule has 4 aromatic rings. The predicted octanol–water partition coefficient (Wildman–Crippen LogP) is 5.25. The number of nitriles is 1. The maximum absolute atomic E-state index is 8.80. The lowest BCUT2D eigenvalue weighted by Gasteiger charge is -2.08. The lowest BCUT2D eigenvalue weighted by atomic mass is 10.1. The lowest BCUT2D eigenvalue weighted by Crippen LogP contribution is -2.04. The molecule has 31 heavy (non-hydrogen) atoms. The average Bonchev–Trinajstić information content (AvgIpc) is 2.83.